The van der Waals surface area contributed by atoms with Crippen LogP contribution in [0.4, 0.5) is 4.39 Å². The highest BCUT2D eigenvalue weighted by molar-refractivity contribution is 7.99. The molecule has 7 heteroatoms. The largest absolute Gasteiger partial charge is 0.356 e. The predicted octanol–water partition coefficient (Wildman–Crippen LogP) is 5.20. The maximum absolute atomic E-state index is 13.8. The summed E-state index contributed by atoms with van der Waals surface area (Å²) in [6.45, 7) is 5.59. The molecule has 2 heterocycles. The van der Waals surface area contributed by atoms with E-state index in [4.69, 9.17) is 0 Å². The second kappa shape index (κ2) is 11.5. The number of rotatable bonds is 7. The highest BCUT2D eigenvalue weighted by Crippen LogP contribution is 2.31. The third-order valence-corrected chi connectivity index (χ3v) is 7.51. The number of aromatic nitrogens is 1. The average molecular weight is 492 g/mol. The van der Waals surface area contributed by atoms with Gasteiger partial charge in [-0.3, -0.25) is 9.59 Å². The predicted molar refractivity (Wildman–Crippen MR) is 136 cm³/mol. The van der Waals surface area contributed by atoms with Gasteiger partial charge in [-0.05, 0) is 80.1 Å². The molecule has 2 aromatic carbocycles. The molecule has 0 radical (unpaired) electrons. The van der Waals surface area contributed by atoms with Gasteiger partial charge in [0, 0.05) is 36.6 Å². The molecule has 4 rings (SSSR count). The molecule has 182 valence electrons. The van der Waals surface area contributed by atoms with Crippen molar-refractivity contribution in [3.8, 4) is 0 Å². The van der Waals surface area contributed by atoms with Crippen molar-refractivity contribution < 1.29 is 14.0 Å². The van der Waals surface area contributed by atoms with Crippen LogP contribution in [0.1, 0.15) is 39.9 Å². The molecule has 1 saturated heterocycles. The Morgan fingerprint density at radius 1 is 1.06 bits per heavy atom. The van der Waals surface area contributed by atoms with E-state index < -0.39 is 0 Å². The van der Waals surface area contributed by atoms with Crippen molar-refractivity contribution in [2.45, 2.75) is 43.0 Å². The van der Waals surface area contributed by atoms with Crippen molar-refractivity contribution in [3.63, 3.8) is 0 Å². The standard InChI is InChI=1S/C28H30FN3O2S/c1-19-9-10-23(18-20(19)2)35-27-24(7-5-14-31-27)28(34)32-16-12-22(13-17-32)26(33)30-15-11-21-6-3-4-8-25(21)29/h3-10,14,18,22H,11-13,15-17H2,1-2H3,(H,30,33). The van der Waals surface area contributed by atoms with Gasteiger partial charge in [0.05, 0.1) is 5.56 Å². The zero-order chi connectivity index (χ0) is 24.8. The first kappa shape index (κ1) is 24.9. The normalized spacial score (nSPS) is 14.1. The molecule has 5 nitrogen and oxygen atoms in total. The van der Waals surface area contributed by atoms with Gasteiger partial charge in [-0.1, -0.05) is 36.0 Å². The number of nitrogens with one attached hydrogen (secondary N) is 1. The molecule has 0 atom stereocenters. The second-order valence-electron chi connectivity index (χ2n) is 8.90. The molecule has 35 heavy (non-hydrogen) atoms. The Bertz CT molecular complexity index is 1210. The van der Waals surface area contributed by atoms with E-state index in [1.807, 2.05) is 17.0 Å². The van der Waals surface area contributed by atoms with E-state index in [2.05, 4.69) is 36.3 Å². The molecule has 1 aromatic heterocycles. The van der Waals surface area contributed by atoms with E-state index in [1.165, 1.54) is 29.0 Å². The van der Waals surface area contributed by atoms with Crippen LogP contribution in [0.15, 0.2) is 70.7 Å². The Labute approximate surface area is 210 Å². The second-order valence-corrected chi connectivity index (χ2v) is 9.97. The van der Waals surface area contributed by atoms with Gasteiger partial charge in [-0.25, -0.2) is 9.37 Å². The molecule has 1 fully saturated rings. The lowest BCUT2D eigenvalue weighted by molar-refractivity contribution is -0.126. The molecule has 3 aromatic rings. The number of hydrogen-bond donors (Lipinski definition) is 1. The highest BCUT2D eigenvalue weighted by atomic mass is 32.2. The van der Waals surface area contributed by atoms with Crippen molar-refractivity contribution >= 4 is 23.6 Å². The van der Waals surface area contributed by atoms with Crippen molar-refractivity contribution in [3.05, 3.63) is 88.9 Å². The molecule has 1 aliphatic heterocycles. The number of benzene rings is 2. The minimum absolute atomic E-state index is 0.0270. The van der Waals surface area contributed by atoms with Crippen LogP contribution in [-0.2, 0) is 11.2 Å². The molecule has 0 spiro atoms. The third kappa shape index (κ3) is 6.28. The number of carbonyl (C=O) groups excluding carboxylic acids is 2. The number of carbonyl (C=O) groups is 2. The van der Waals surface area contributed by atoms with Crippen molar-refractivity contribution in [1.29, 1.82) is 0 Å². The van der Waals surface area contributed by atoms with Crippen LogP contribution in [0, 0.1) is 25.6 Å². The van der Waals surface area contributed by atoms with Crippen molar-refractivity contribution in [1.82, 2.24) is 15.2 Å². The fourth-order valence-corrected chi connectivity index (χ4v) is 5.18. The smallest absolute Gasteiger partial charge is 0.256 e. The van der Waals surface area contributed by atoms with Crippen LogP contribution in [0.25, 0.3) is 0 Å². The van der Waals surface area contributed by atoms with E-state index in [-0.39, 0.29) is 23.5 Å². The Morgan fingerprint density at radius 3 is 2.57 bits per heavy atom. The highest BCUT2D eigenvalue weighted by Gasteiger charge is 2.29. The Morgan fingerprint density at radius 2 is 1.83 bits per heavy atom. The SMILES string of the molecule is Cc1ccc(Sc2ncccc2C(=O)N2CCC(C(=O)NCCc3ccccc3F)CC2)cc1C. The van der Waals surface area contributed by atoms with E-state index in [9.17, 15) is 14.0 Å². The summed E-state index contributed by atoms with van der Waals surface area (Å²) in [6.07, 6.45) is 3.38. The lowest BCUT2D eigenvalue weighted by Gasteiger charge is -2.31. The van der Waals surface area contributed by atoms with E-state index >= 15 is 0 Å². The van der Waals surface area contributed by atoms with Crippen LogP contribution >= 0.6 is 11.8 Å². The quantitative estimate of drug-likeness (QED) is 0.494. The van der Waals surface area contributed by atoms with Crippen LogP contribution < -0.4 is 5.32 Å². The Hall–Kier alpha value is -3.19. The third-order valence-electron chi connectivity index (χ3n) is 6.50. The summed E-state index contributed by atoms with van der Waals surface area (Å²) in [5, 5.41) is 3.61. The van der Waals surface area contributed by atoms with E-state index in [0.717, 1.165) is 4.90 Å². The number of halogens is 1. The van der Waals surface area contributed by atoms with E-state index in [1.54, 1.807) is 30.5 Å². The number of likely N-dealkylation sites (tertiary alicyclic amines) is 1. The number of aryl methyl sites for hydroxylation is 2. The van der Waals surface area contributed by atoms with Gasteiger partial charge in [0.25, 0.3) is 5.91 Å². The minimum atomic E-state index is -0.251. The number of amides is 2. The minimum Gasteiger partial charge on any atom is -0.356 e. The van der Waals surface area contributed by atoms with Crippen molar-refractivity contribution in [2.24, 2.45) is 5.92 Å². The molecule has 0 aliphatic carbocycles. The zero-order valence-corrected chi connectivity index (χ0v) is 20.9. The van der Waals surface area contributed by atoms with Gasteiger partial charge < -0.3 is 10.2 Å². The number of hydrogen-bond acceptors (Lipinski definition) is 4. The first-order valence-corrected chi connectivity index (χ1v) is 12.7. The van der Waals surface area contributed by atoms with Crippen LogP contribution in [0.2, 0.25) is 0 Å². The van der Waals surface area contributed by atoms with E-state index in [0.29, 0.717) is 55.0 Å². The number of piperidine rings is 1. The molecular weight excluding hydrogens is 461 g/mol. The van der Waals surface area contributed by atoms with Gasteiger partial charge in [-0.15, -0.1) is 0 Å². The summed E-state index contributed by atoms with van der Waals surface area (Å²) in [5.41, 5.74) is 3.61. The van der Waals surface area contributed by atoms with Gasteiger partial charge in [-0.2, -0.15) is 0 Å². The molecule has 0 saturated carbocycles. The summed E-state index contributed by atoms with van der Waals surface area (Å²) < 4.78 is 13.8. The van der Waals surface area contributed by atoms with Crippen molar-refractivity contribution in [2.75, 3.05) is 19.6 Å². The first-order valence-electron chi connectivity index (χ1n) is 11.9. The molecule has 2 amide bonds. The Kier molecular flexibility index (Phi) is 8.18. The lowest BCUT2D eigenvalue weighted by atomic mass is 9.95. The van der Waals surface area contributed by atoms with Crippen LogP contribution in [0.3, 0.4) is 0 Å². The maximum atomic E-state index is 13.8. The molecule has 1 aliphatic rings. The summed E-state index contributed by atoms with van der Waals surface area (Å²) in [4.78, 5) is 33.2. The van der Waals surface area contributed by atoms with Gasteiger partial charge >= 0.3 is 0 Å². The maximum Gasteiger partial charge on any atom is 0.256 e. The monoisotopic (exact) mass is 491 g/mol. The van der Waals surface area contributed by atoms with Gasteiger partial charge in [0.1, 0.15) is 10.8 Å². The van der Waals surface area contributed by atoms with Gasteiger partial charge in [0.15, 0.2) is 0 Å². The fourth-order valence-electron chi connectivity index (χ4n) is 4.20. The summed E-state index contributed by atoms with van der Waals surface area (Å²) in [6, 6.07) is 16.5. The average Bonchev–Trinajstić information content (AvgIpc) is 2.87. The number of pyridine rings is 1. The van der Waals surface area contributed by atoms with Gasteiger partial charge in [0.2, 0.25) is 5.91 Å². The fraction of sp³-hybridized carbons (Fsp3) is 0.321. The summed E-state index contributed by atoms with van der Waals surface area (Å²) in [7, 11) is 0. The molecule has 0 bridgehead atoms. The topological polar surface area (TPSA) is 62.3 Å². The molecule has 1 N–H and O–H groups in total. The molecule has 0 unspecified atom stereocenters. The van der Waals surface area contributed by atoms with Crippen LogP contribution in [-0.4, -0.2) is 41.3 Å². The number of nitrogens with zero attached hydrogens (tertiary/aromatic N) is 2. The molecular formula is C28H30FN3O2S. The first-order chi connectivity index (χ1) is 16.9. The summed E-state index contributed by atoms with van der Waals surface area (Å²) in [5.74, 6) is -0.472. The Balaban J connectivity index is 1.31. The summed E-state index contributed by atoms with van der Waals surface area (Å²) >= 11 is 1.49. The lowest BCUT2D eigenvalue weighted by Crippen LogP contribution is -2.43. The van der Waals surface area contributed by atoms with Crippen LogP contribution in [0.5, 0.6) is 0 Å². The zero-order valence-electron chi connectivity index (χ0n) is 20.1.